The molecule has 0 heterocycles. The van der Waals surface area contributed by atoms with Crippen LogP contribution in [0.4, 0.5) is 5.69 Å². The number of halogens is 1. The van der Waals surface area contributed by atoms with Gasteiger partial charge in [0.05, 0.1) is 5.92 Å². The molecule has 5 nitrogen and oxygen atoms in total. The molecule has 6 heteroatoms. The molecule has 0 aromatic heterocycles. The number of rotatable bonds is 5. The van der Waals surface area contributed by atoms with Crippen LogP contribution in [0, 0.1) is 5.92 Å². The summed E-state index contributed by atoms with van der Waals surface area (Å²) < 4.78 is 0.661. The van der Waals surface area contributed by atoms with Crippen LogP contribution in [-0.2, 0) is 4.79 Å². The summed E-state index contributed by atoms with van der Waals surface area (Å²) in [5.74, 6) is -1.57. The number of nitrogens with one attached hydrogen (secondary N) is 1. The molecule has 0 aliphatic carbocycles. The smallest absolute Gasteiger partial charge is 0.306 e. The van der Waals surface area contributed by atoms with Crippen LogP contribution in [0.5, 0.6) is 0 Å². The van der Waals surface area contributed by atoms with E-state index in [2.05, 4.69) is 21.2 Å². The molecule has 0 aliphatic rings. The predicted octanol–water partition coefficient (Wildman–Crippen LogP) is 1.87. The Morgan fingerprint density at radius 1 is 1.50 bits per heavy atom. The molecular formula is C12H15BrN2O3. The molecule has 1 atom stereocenters. The largest absolute Gasteiger partial charge is 0.481 e. The van der Waals surface area contributed by atoms with Gasteiger partial charge in [-0.25, -0.2) is 0 Å². The van der Waals surface area contributed by atoms with Crippen LogP contribution >= 0.6 is 15.9 Å². The lowest BCUT2D eigenvalue weighted by atomic mass is 10.1. The van der Waals surface area contributed by atoms with Crippen molar-refractivity contribution in [3.63, 3.8) is 0 Å². The quantitative estimate of drug-likeness (QED) is 0.723. The minimum atomic E-state index is -0.862. The lowest BCUT2D eigenvalue weighted by Crippen LogP contribution is -2.27. The van der Waals surface area contributed by atoms with Crippen molar-refractivity contribution in [1.82, 2.24) is 5.32 Å². The Morgan fingerprint density at radius 2 is 2.17 bits per heavy atom. The topological polar surface area (TPSA) is 92.4 Å². The van der Waals surface area contributed by atoms with Crippen LogP contribution in [0.15, 0.2) is 22.7 Å². The summed E-state index contributed by atoms with van der Waals surface area (Å²) >= 11 is 3.24. The van der Waals surface area contributed by atoms with Gasteiger partial charge in [0, 0.05) is 22.3 Å². The van der Waals surface area contributed by atoms with Gasteiger partial charge in [-0.1, -0.05) is 6.92 Å². The van der Waals surface area contributed by atoms with Crippen LogP contribution in [0.2, 0.25) is 0 Å². The molecule has 1 amide bonds. The van der Waals surface area contributed by atoms with Crippen molar-refractivity contribution in [3.8, 4) is 0 Å². The molecule has 18 heavy (non-hydrogen) atoms. The molecule has 0 fully saturated rings. The van der Waals surface area contributed by atoms with Gasteiger partial charge in [-0.05, 0) is 40.5 Å². The number of hydrogen-bond acceptors (Lipinski definition) is 3. The first-order chi connectivity index (χ1) is 8.41. The van der Waals surface area contributed by atoms with Gasteiger partial charge in [-0.2, -0.15) is 0 Å². The van der Waals surface area contributed by atoms with Gasteiger partial charge < -0.3 is 16.2 Å². The number of benzene rings is 1. The second kappa shape index (κ2) is 6.39. The molecule has 0 spiro atoms. The van der Waals surface area contributed by atoms with Gasteiger partial charge in [0.2, 0.25) is 0 Å². The SMILES string of the molecule is CC(CCNC(=O)c1ccc(N)c(Br)c1)C(=O)O. The fraction of sp³-hybridized carbons (Fsp3) is 0.333. The number of amides is 1. The molecule has 1 rings (SSSR count). The first kappa shape index (κ1) is 14.5. The van der Waals surface area contributed by atoms with Crippen molar-refractivity contribution in [1.29, 1.82) is 0 Å². The second-order valence-corrected chi connectivity index (χ2v) is 4.87. The van der Waals surface area contributed by atoms with Crippen molar-refractivity contribution in [2.45, 2.75) is 13.3 Å². The summed E-state index contributed by atoms with van der Waals surface area (Å²) in [7, 11) is 0. The summed E-state index contributed by atoms with van der Waals surface area (Å²) in [5.41, 5.74) is 6.66. The summed E-state index contributed by atoms with van der Waals surface area (Å²) in [6.45, 7) is 1.93. The number of carbonyl (C=O) groups is 2. The van der Waals surface area contributed by atoms with E-state index in [4.69, 9.17) is 10.8 Å². The van der Waals surface area contributed by atoms with Crippen molar-refractivity contribution in [3.05, 3.63) is 28.2 Å². The zero-order chi connectivity index (χ0) is 13.7. The fourth-order valence-electron chi connectivity index (χ4n) is 1.30. The Morgan fingerprint density at radius 3 is 2.72 bits per heavy atom. The maximum Gasteiger partial charge on any atom is 0.306 e. The molecule has 1 unspecified atom stereocenters. The summed E-state index contributed by atoms with van der Waals surface area (Å²) in [5, 5.41) is 11.4. The third-order valence-corrected chi connectivity index (χ3v) is 3.23. The normalized spacial score (nSPS) is 11.9. The fourth-order valence-corrected chi connectivity index (χ4v) is 1.67. The maximum atomic E-state index is 11.7. The Kier molecular flexibility index (Phi) is 5.15. The van der Waals surface area contributed by atoms with Crippen LogP contribution in [0.3, 0.4) is 0 Å². The number of aliphatic carboxylic acids is 1. The maximum absolute atomic E-state index is 11.7. The monoisotopic (exact) mass is 314 g/mol. The predicted molar refractivity (Wildman–Crippen MR) is 72.3 cm³/mol. The van der Waals surface area contributed by atoms with E-state index in [1.807, 2.05) is 0 Å². The molecule has 1 aromatic rings. The third kappa shape index (κ3) is 4.03. The van der Waals surface area contributed by atoms with E-state index in [9.17, 15) is 9.59 Å². The Labute approximate surface area is 113 Å². The lowest BCUT2D eigenvalue weighted by molar-refractivity contribution is -0.141. The Balaban J connectivity index is 2.50. The summed E-state index contributed by atoms with van der Waals surface area (Å²) in [6.07, 6.45) is 0.400. The zero-order valence-corrected chi connectivity index (χ0v) is 11.5. The van der Waals surface area contributed by atoms with Crippen molar-refractivity contribution in [2.75, 3.05) is 12.3 Å². The molecule has 0 aliphatic heterocycles. The third-order valence-electron chi connectivity index (χ3n) is 2.55. The average Bonchev–Trinajstić information content (AvgIpc) is 2.32. The molecule has 0 saturated heterocycles. The van der Waals surface area contributed by atoms with E-state index < -0.39 is 11.9 Å². The minimum Gasteiger partial charge on any atom is -0.481 e. The molecule has 98 valence electrons. The van der Waals surface area contributed by atoms with Gasteiger partial charge >= 0.3 is 5.97 Å². The average molecular weight is 315 g/mol. The van der Waals surface area contributed by atoms with E-state index in [1.54, 1.807) is 25.1 Å². The number of nitrogens with two attached hydrogens (primary N) is 1. The molecular weight excluding hydrogens is 300 g/mol. The molecule has 0 bridgehead atoms. The van der Waals surface area contributed by atoms with Gasteiger partial charge in [0.1, 0.15) is 0 Å². The standard InChI is InChI=1S/C12H15BrN2O3/c1-7(12(17)18)4-5-15-11(16)8-2-3-10(14)9(13)6-8/h2-3,6-7H,4-5,14H2,1H3,(H,15,16)(H,17,18). The van der Waals surface area contributed by atoms with Crippen LogP contribution in [0.25, 0.3) is 0 Å². The van der Waals surface area contributed by atoms with E-state index in [-0.39, 0.29) is 5.91 Å². The number of anilines is 1. The highest BCUT2D eigenvalue weighted by atomic mass is 79.9. The Hall–Kier alpha value is -1.56. The highest BCUT2D eigenvalue weighted by Gasteiger charge is 2.12. The first-order valence-corrected chi connectivity index (χ1v) is 6.27. The Bertz CT molecular complexity index is 463. The zero-order valence-electron chi connectivity index (χ0n) is 9.94. The highest BCUT2D eigenvalue weighted by molar-refractivity contribution is 9.10. The van der Waals surface area contributed by atoms with Crippen LogP contribution < -0.4 is 11.1 Å². The van der Waals surface area contributed by atoms with Crippen LogP contribution in [0.1, 0.15) is 23.7 Å². The van der Waals surface area contributed by atoms with Gasteiger partial charge in [-0.15, -0.1) is 0 Å². The van der Waals surface area contributed by atoms with Gasteiger partial charge in [0.15, 0.2) is 0 Å². The van der Waals surface area contributed by atoms with Gasteiger partial charge in [-0.3, -0.25) is 9.59 Å². The van der Waals surface area contributed by atoms with Gasteiger partial charge in [0.25, 0.3) is 5.91 Å². The number of hydrogen-bond donors (Lipinski definition) is 3. The number of carbonyl (C=O) groups excluding carboxylic acids is 1. The molecule has 1 aromatic carbocycles. The highest BCUT2D eigenvalue weighted by Crippen LogP contribution is 2.20. The van der Waals surface area contributed by atoms with Crippen molar-refractivity contribution < 1.29 is 14.7 Å². The molecule has 0 radical (unpaired) electrons. The van der Waals surface area contributed by atoms with E-state index in [1.165, 1.54) is 0 Å². The van der Waals surface area contributed by atoms with E-state index in [0.29, 0.717) is 28.7 Å². The first-order valence-electron chi connectivity index (χ1n) is 5.48. The van der Waals surface area contributed by atoms with Crippen LogP contribution in [-0.4, -0.2) is 23.5 Å². The summed E-state index contributed by atoms with van der Waals surface area (Å²) in [6, 6.07) is 4.89. The second-order valence-electron chi connectivity index (χ2n) is 4.02. The number of carboxylic acids is 1. The summed E-state index contributed by atoms with van der Waals surface area (Å²) in [4.78, 5) is 22.3. The molecule has 0 saturated carbocycles. The number of nitrogen functional groups attached to an aromatic ring is 1. The van der Waals surface area contributed by atoms with Crippen molar-refractivity contribution >= 4 is 33.5 Å². The molecule has 4 N–H and O–H groups in total. The lowest BCUT2D eigenvalue weighted by Gasteiger charge is -2.08. The van der Waals surface area contributed by atoms with E-state index >= 15 is 0 Å². The van der Waals surface area contributed by atoms with Crippen molar-refractivity contribution in [2.24, 2.45) is 5.92 Å². The number of carboxylic acid groups (broad SMARTS) is 1. The minimum absolute atomic E-state index is 0.242. The van der Waals surface area contributed by atoms with E-state index in [0.717, 1.165) is 0 Å².